The molecule has 1 aromatic carbocycles. The molecule has 0 bridgehead atoms. The number of hydrogen-bond donors (Lipinski definition) is 1. The van der Waals surface area contributed by atoms with E-state index in [0.29, 0.717) is 11.4 Å². The van der Waals surface area contributed by atoms with Crippen LogP contribution in [0, 0.1) is 0 Å². The van der Waals surface area contributed by atoms with Crippen LogP contribution in [0.5, 0.6) is 5.75 Å². The third-order valence-corrected chi connectivity index (χ3v) is 2.74. The molecule has 0 spiro atoms. The molecule has 0 saturated heterocycles. The number of anilines is 1. The summed E-state index contributed by atoms with van der Waals surface area (Å²) in [6, 6.07) is 9.99. The van der Waals surface area contributed by atoms with E-state index in [2.05, 4.69) is 0 Å². The van der Waals surface area contributed by atoms with Gasteiger partial charge < -0.3 is 14.4 Å². The molecule has 4 heteroatoms. The maximum atomic E-state index is 12.1. The lowest BCUT2D eigenvalue weighted by atomic mass is 10.2. The molecule has 2 aromatic rings. The van der Waals surface area contributed by atoms with Gasteiger partial charge in [-0.15, -0.1) is 0 Å². The minimum atomic E-state index is -0.236. The zero-order chi connectivity index (χ0) is 13.1. The highest BCUT2D eigenvalue weighted by Crippen LogP contribution is 2.21. The van der Waals surface area contributed by atoms with Gasteiger partial charge in [-0.25, -0.2) is 0 Å². The number of rotatable bonds is 3. The topological polar surface area (TPSA) is 53.7 Å². The van der Waals surface area contributed by atoms with Crippen LogP contribution in [0.3, 0.4) is 0 Å². The van der Waals surface area contributed by atoms with Crippen LogP contribution < -0.4 is 4.90 Å². The standard InChI is InChI=1S/C14H15NO3/c1-3-12-7-8-13(18-12)14(17)15(2)10-5-4-6-11(16)9-10/h4-9,16H,3H2,1-2H3. The van der Waals surface area contributed by atoms with Crippen LogP contribution in [0.15, 0.2) is 40.8 Å². The molecule has 1 amide bonds. The van der Waals surface area contributed by atoms with Crippen molar-refractivity contribution in [2.24, 2.45) is 0 Å². The lowest BCUT2D eigenvalue weighted by Gasteiger charge is -2.15. The first-order valence-electron chi connectivity index (χ1n) is 5.77. The largest absolute Gasteiger partial charge is 0.508 e. The van der Waals surface area contributed by atoms with E-state index < -0.39 is 0 Å². The van der Waals surface area contributed by atoms with Crippen LogP contribution in [-0.2, 0) is 6.42 Å². The Kier molecular flexibility index (Phi) is 3.37. The first kappa shape index (κ1) is 12.2. The summed E-state index contributed by atoms with van der Waals surface area (Å²) in [5.41, 5.74) is 0.620. The molecular weight excluding hydrogens is 230 g/mol. The van der Waals surface area contributed by atoms with Crippen LogP contribution >= 0.6 is 0 Å². The summed E-state index contributed by atoms with van der Waals surface area (Å²) in [4.78, 5) is 13.6. The molecule has 0 unspecified atom stereocenters. The lowest BCUT2D eigenvalue weighted by Crippen LogP contribution is -2.25. The van der Waals surface area contributed by atoms with Crippen molar-refractivity contribution in [3.8, 4) is 5.75 Å². The van der Waals surface area contributed by atoms with E-state index in [9.17, 15) is 9.90 Å². The lowest BCUT2D eigenvalue weighted by molar-refractivity contribution is 0.0965. The fraction of sp³-hybridized carbons (Fsp3) is 0.214. The van der Waals surface area contributed by atoms with E-state index in [-0.39, 0.29) is 11.7 Å². The molecule has 0 aliphatic heterocycles. The minimum absolute atomic E-state index is 0.126. The molecule has 94 valence electrons. The number of phenolic OH excluding ortho intramolecular Hbond substituents is 1. The molecule has 18 heavy (non-hydrogen) atoms. The van der Waals surface area contributed by atoms with Gasteiger partial charge in [0, 0.05) is 25.2 Å². The van der Waals surface area contributed by atoms with Gasteiger partial charge in [0.05, 0.1) is 0 Å². The number of benzene rings is 1. The van der Waals surface area contributed by atoms with Crippen molar-refractivity contribution in [1.82, 2.24) is 0 Å². The molecule has 4 nitrogen and oxygen atoms in total. The molecule has 0 fully saturated rings. The second kappa shape index (κ2) is 4.96. The van der Waals surface area contributed by atoms with E-state index in [0.717, 1.165) is 12.2 Å². The number of carbonyl (C=O) groups is 1. The third kappa shape index (κ3) is 2.37. The molecule has 2 rings (SSSR count). The van der Waals surface area contributed by atoms with Crippen molar-refractivity contribution < 1.29 is 14.3 Å². The van der Waals surface area contributed by atoms with E-state index in [1.54, 1.807) is 37.4 Å². The Balaban J connectivity index is 2.23. The highest BCUT2D eigenvalue weighted by molar-refractivity contribution is 6.03. The second-order valence-corrected chi connectivity index (χ2v) is 4.00. The average molecular weight is 245 g/mol. The van der Waals surface area contributed by atoms with E-state index in [1.807, 2.05) is 6.92 Å². The molecule has 0 aliphatic rings. The zero-order valence-corrected chi connectivity index (χ0v) is 10.4. The van der Waals surface area contributed by atoms with Gasteiger partial charge in [-0.1, -0.05) is 13.0 Å². The number of aryl methyl sites for hydroxylation is 1. The van der Waals surface area contributed by atoms with Crippen LogP contribution in [0.25, 0.3) is 0 Å². The van der Waals surface area contributed by atoms with Gasteiger partial charge in [0.15, 0.2) is 5.76 Å². The Labute approximate surface area is 105 Å². The van der Waals surface area contributed by atoms with Crippen molar-refractivity contribution in [1.29, 1.82) is 0 Å². The number of amides is 1. The van der Waals surface area contributed by atoms with Crippen molar-refractivity contribution in [3.05, 3.63) is 47.9 Å². The molecule has 1 N–H and O–H groups in total. The number of furan rings is 1. The fourth-order valence-corrected chi connectivity index (χ4v) is 1.67. The molecule has 1 aromatic heterocycles. The molecule has 0 atom stereocenters. The van der Waals surface area contributed by atoms with Crippen LogP contribution in [0.2, 0.25) is 0 Å². The highest BCUT2D eigenvalue weighted by atomic mass is 16.4. The first-order valence-corrected chi connectivity index (χ1v) is 5.77. The molecule has 0 aliphatic carbocycles. The first-order chi connectivity index (χ1) is 8.61. The van der Waals surface area contributed by atoms with E-state index >= 15 is 0 Å². The predicted octanol–water partition coefficient (Wildman–Crippen LogP) is 2.82. The van der Waals surface area contributed by atoms with E-state index in [1.165, 1.54) is 11.0 Å². The Morgan fingerprint density at radius 1 is 1.33 bits per heavy atom. The van der Waals surface area contributed by atoms with Crippen LogP contribution in [0.1, 0.15) is 23.2 Å². The fourth-order valence-electron chi connectivity index (χ4n) is 1.67. The normalized spacial score (nSPS) is 10.3. The monoisotopic (exact) mass is 245 g/mol. The van der Waals surface area contributed by atoms with Gasteiger partial charge in [0.2, 0.25) is 0 Å². The van der Waals surface area contributed by atoms with Crippen molar-refractivity contribution in [2.75, 3.05) is 11.9 Å². The van der Waals surface area contributed by atoms with E-state index in [4.69, 9.17) is 4.42 Å². The summed E-state index contributed by atoms with van der Waals surface area (Å²) in [6.45, 7) is 1.96. The van der Waals surface area contributed by atoms with Gasteiger partial charge in [0.25, 0.3) is 5.91 Å². The summed E-state index contributed by atoms with van der Waals surface area (Å²) in [5.74, 6) is 0.974. The van der Waals surface area contributed by atoms with Crippen molar-refractivity contribution in [2.45, 2.75) is 13.3 Å². The maximum Gasteiger partial charge on any atom is 0.293 e. The van der Waals surface area contributed by atoms with Crippen LogP contribution in [-0.4, -0.2) is 18.1 Å². The summed E-state index contributed by atoms with van der Waals surface area (Å²) in [5, 5.41) is 9.40. The van der Waals surface area contributed by atoms with Gasteiger partial charge in [0.1, 0.15) is 11.5 Å². The Hall–Kier alpha value is -2.23. The number of phenols is 1. The van der Waals surface area contributed by atoms with Gasteiger partial charge >= 0.3 is 0 Å². The quantitative estimate of drug-likeness (QED) is 0.904. The van der Waals surface area contributed by atoms with Crippen LogP contribution in [0.4, 0.5) is 5.69 Å². The Morgan fingerprint density at radius 3 is 2.72 bits per heavy atom. The number of hydrogen-bond acceptors (Lipinski definition) is 3. The van der Waals surface area contributed by atoms with Gasteiger partial charge in [-0.2, -0.15) is 0 Å². The summed E-state index contributed by atoms with van der Waals surface area (Å²) >= 11 is 0. The smallest absolute Gasteiger partial charge is 0.293 e. The molecule has 0 saturated carbocycles. The number of carbonyl (C=O) groups excluding carboxylic acids is 1. The maximum absolute atomic E-state index is 12.1. The predicted molar refractivity (Wildman–Crippen MR) is 68.9 cm³/mol. The van der Waals surface area contributed by atoms with Crippen molar-refractivity contribution >= 4 is 11.6 Å². The summed E-state index contributed by atoms with van der Waals surface area (Å²) < 4.78 is 5.41. The zero-order valence-electron chi connectivity index (χ0n) is 10.4. The summed E-state index contributed by atoms with van der Waals surface area (Å²) in [7, 11) is 1.64. The summed E-state index contributed by atoms with van der Waals surface area (Å²) in [6.07, 6.45) is 0.753. The SMILES string of the molecule is CCc1ccc(C(=O)N(C)c2cccc(O)c2)o1. The number of aromatic hydroxyl groups is 1. The van der Waals surface area contributed by atoms with Gasteiger partial charge in [-0.3, -0.25) is 4.79 Å². The molecule has 0 radical (unpaired) electrons. The Bertz CT molecular complexity index is 560. The molecule has 1 heterocycles. The Morgan fingerprint density at radius 2 is 2.11 bits per heavy atom. The third-order valence-electron chi connectivity index (χ3n) is 2.74. The van der Waals surface area contributed by atoms with Crippen molar-refractivity contribution in [3.63, 3.8) is 0 Å². The van der Waals surface area contributed by atoms with Gasteiger partial charge in [-0.05, 0) is 24.3 Å². The second-order valence-electron chi connectivity index (χ2n) is 4.00. The molecular formula is C14H15NO3. The average Bonchev–Trinajstić information content (AvgIpc) is 2.85. The highest BCUT2D eigenvalue weighted by Gasteiger charge is 2.17. The number of nitrogens with zero attached hydrogens (tertiary/aromatic N) is 1. The minimum Gasteiger partial charge on any atom is -0.508 e.